The van der Waals surface area contributed by atoms with E-state index in [4.69, 9.17) is 0 Å². The number of hydrogen-bond acceptors (Lipinski definition) is 5. The van der Waals surface area contributed by atoms with E-state index in [9.17, 15) is 24.9 Å². The SMILES string of the molecule is CCCCC/C=C\C[C@]1(O)C=CC(=O)/C1=C/C=C/[C@H](O)CCC(=O)[O-]. The third kappa shape index (κ3) is 7.63. The minimum Gasteiger partial charge on any atom is -0.550 e. The summed E-state index contributed by atoms with van der Waals surface area (Å²) in [7, 11) is 0. The molecule has 138 valence electrons. The van der Waals surface area contributed by atoms with Crippen molar-refractivity contribution in [3.8, 4) is 0 Å². The third-order valence-electron chi connectivity index (χ3n) is 4.05. The van der Waals surface area contributed by atoms with Gasteiger partial charge in [0.1, 0.15) is 5.60 Å². The van der Waals surface area contributed by atoms with Crippen LogP contribution < -0.4 is 5.11 Å². The highest BCUT2D eigenvalue weighted by molar-refractivity contribution is 6.09. The number of carboxylic acid groups (broad SMARTS) is 1. The van der Waals surface area contributed by atoms with Gasteiger partial charge >= 0.3 is 0 Å². The van der Waals surface area contributed by atoms with Crippen LogP contribution in [0.2, 0.25) is 0 Å². The van der Waals surface area contributed by atoms with Gasteiger partial charge in [-0.3, -0.25) is 4.79 Å². The Balaban J connectivity index is 2.62. The molecule has 5 heteroatoms. The standard InChI is InChI=1S/C20H28O5/c1-2-3-4-5-6-7-14-20(25)15-13-18(22)17(20)10-8-9-16(21)11-12-19(23)24/h6-10,13,15-16,21,25H,2-5,11-12,14H2,1H3,(H,23,24)/p-1/b7-6-,9-8+,17-10-/t16-,20-/m0/s1. The Morgan fingerprint density at radius 1 is 1.36 bits per heavy atom. The highest BCUT2D eigenvalue weighted by atomic mass is 16.4. The minimum atomic E-state index is -1.33. The topological polar surface area (TPSA) is 97.7 Å². The van der Waals surface area contributed by atoms with Gasteiger partial charge in [-0.25, -0.2) is 0 Å². The molecule has 1 aliphatic carbocycles. The van der Waals surface area contributed by atoms with E-state index in [2.05, 4.69) is 6.92 Å². The second-order valence-corrected chi connectivity index (χ2v) is 6.24. The second-order valence-electron chi connectivity index (χ2n) is 6.24. The molecule has 0 fully saturated rings. The minimum absolute atomic E-state index is 0.0406. The maximum atomic E-state index is 11.9. The Morgan fingerprint density at radius 2 is 2.12 bits per heavy atom. The van der Waals surface area contributed by atoms with Crippen molar-refractivity contribution < 1.29 is 24.9 Å². The Hall–Kier alpha value is -1.98. The lowest BCUT2D eigenvalue weighted by atomic mass is 9.92. The zero-order valence-corrected chi connectivity index (χ0v) is 14.7. The van der Waals surface area contributed by atoms with Gasteiger partial charge in [-0.1, -0.05) is 50.1 Å². The fraction of sp³-hybridized carbons (Fsp3) is 0.500. The lowest BCUT2D eigenvalue weighted by molar-refractivity contribution is -0.306. The van der Waals surface area contributed by atoms with Crippen molar-refractivity contribution in [3.63, 3.8) is 0 Å². The molecule has 25 heavy (non-hydrogen) atoms. The molecule has 0 saturated heterocycles. The van der Waals surface area contributed by atoms with E-state index in [1.54, 1.807) is 0 Å². The smallest absolute Gasteiger partial charge is 0.184 e. The normalized spacial score (nSPS) is 23.3. The number of unbranched alkanes of at least 4 members (excludes halogenated alkanes) is 3. The van der Waals surface area contributed by atoms with Crippen LogP contribution in [0, 0.1) is 0 Å². The van der Waals surface area contributed by atoms with E-state index in [0.717, 1.165) is 19.3 Å². The molecule has 0 aromatic carbocycles. The van der Waals surface area contributed by atoms with E-state index in [1.165, 1.54) is 36.8 Å². The molecule has 0 unspecified atom stereocenters. The number of carboxylic acids is 1. The van der Waals surface area contributed by atoms with Gasteiger partial charge in [-0.15, -0.1) is 0 Å². The van der Waals surface area contributed by atoms with E-state index in [0.29, 0.717) is 6.42 Å². The zero-order valence-electron chi connectivity index (χ0n) is 14.7. The van der Waals surface area contributed by atoms with Crippen LogP contribution in [0.4, 0.5) is 0 Å². The number of allylic oxidation sites excluding steroid dienone is 4. The molecule has 5 nitrogen and oxygen atoms in total. The average Bonchev–Trinajstić information content (AvgIpc) is 2.85. The molecule has 0 heterocycles. The molecule has 0 saturated carbocycles. The van der Waals surface area contributed by atoms with Crippen LogP contribution >= 0.6 is 0 Å². The van der Waals surface area contributed by atoms with Gasteiger partial charge in [0.2, 0.25) is 0 Å². The average molecular weight is 347 g/mol. The van der Waals surface area contributed by atoms with Crippen LogP contribution in [0.1, 0.15) is 51.9 Å². The molecule has 1 aliphatic rings. The van der Waals surface area contributed by atoms with E-state index in [-0.39, 0.29) is 24.2 Å². The first-order chi connectivity index (χ1) is 11.9. The van der Waals surface area contributed by atoms with Crippen LogP contribution in [-0.4, -0.2) is 33.7 Å². The van der Waals surface area contributed by atoms with Gasteiger partial charge < -0.3 is 20.1 Å². The zero-order chi connectivity index (χ0) is 18.7. The first-order valence-corrected chi connectivity index (χ1v) is 8.77. The lowest BCUT2D eigenvalue weighted by Crippen LogP contribution is -2.27. The predicted octanol–water partition coefficient (Wildman–Crippen LogP) is 1.76. The highest BCUT2D eigenvalue weighted by Gasteiger charge is 2.35. The van der Waals surface area contributed by atoms with E-state index < -0.39 is 17.7 Å². The lowest BCUT2D eigenvalue weighted by Gasteiger charge is -2.20. The molecule has 0 aliphatic heterocycles. The molecule has 1 rings (SSSR count). The number of carbonyl (C=O) groups excluding carboxylic acids is 2. The largest absolute Gasteiger partial charge is 0.550 e. The van der Waals surface area contributed by atoms with Gasteiger partial charge in [-0.2, -0.15) is 0 Å². The summed E-state index contributed by atoms with van der Waals surface area (Å²) in [5.74, 6) is -1.49. The predicted molar refractivity (Wildman–Crippen MR) is 94.5 cm³/mol. The van der Waals surface area contributed by atoms with Gasteiger partial charge in [0.25, 0.3) is 0 Å². The van der Waals surface area contributed by atoms with Crippen molar-refractivity contribution in [3.05, 3.63) is 48.1 Å². The summed E-state index contributed by atoms with van der Waals surface area (Å²) in [6.07, 6.45) is 14.6. The maximum Gasteiger partial charge on any atom is 0.184 e. The van der Waals surface area contributed by atoms with Crippen molar-refractivity contribution in [1.29, 1.82) is 0 Å². The van der Waals surface area contributed by atoms with Gasteiger partial charge in [0, 0.05) is 18.0 Å². The highest BCUT2D eigenvalue weighted by Crippen LogP contribution is 2.30. The first kappa shape index (κ1) is 21.1. The number of rotatable bonds is 11. The number of aliphatic hydroxyl groups is 2. The number of ketones is 1. The van der Waals surface area contributed by atoms with Crippen LogP contribution in [0.25, 0.3) is 0 Å². The van der Waals surface area contributed by atoms with Crippen molar-refractivity contribution in [2.75, 3.05) is 0 Å². The van der Waals surface area contributed by atoms with Crippen LogP contribution in [0.5, 0.6) is 0 Å². The summed E-state index contributed by atoms with van der Waals surface area (Å²) in [5.41, 5.74) is -1.09. The molecule has 2 N–H and O–H groups in total. The number of aliphatic carboxylic acids is 1. The van der Waals surface area contributed by atoms with E-state index >= 15 is 0 Å². The van der Waals surface area contributed by atoms with Crippen molar-refractivity contribution in [1.82, 2.24) is 0 Å². The molecule has 0 aromatic rings. The fourth-order valence-electron chi connectivity index (χ4n) is 2.55. The summed E-state index contributed by atoms with van der Waals surface area (Å²) < 4.78 is 0. The summed E-state index contributed by atoms with van der Waals surface area (Å²) in [4.78, 5) is 22.3. The molecule has 2 atom stereocenters. The Bertz CT molecular complexity index is 571. The fourth-order valence-corrected chi connectivity index (χ4v) is 2.55. The molecule has 0 radical (unpaired) electrons. The third-order valence-corrected chi connectivity index (χ3v) is 4.05. The van der Waals surface area contributed by atoms with Gasteiger partial charge in [0.15, 0.2) is 5.78 Å². The number of aliphatic hydroxyl groups excluding tert-OH is 1. The number of carbonyl (C=O) groups is 2. The van der Waals surface area contributed by atoms with E-state index in [1.807, 2.05) is 12.2 Å². The van der Waals surface area contributed by atoms with Crippen molar-refractivity contribution >= 4 is 11.8 Å². The number of hydrogen-bond donors (Lipinski definition) is 2. The first-order valence-electron chi connectivity index (χ1n) is 8.77. The monoisotopic (exact) mass is 347 g/mol. The van der Waals surface area contributed by atoms with Crippen LogP contribution in [0.15, 0.2) is 48.1 Å². The summed E-state index contributed by atoms with van der Waals surface area (Å²) >= 11 is 0. The molecule has 0 aromatic heterocycles. The molecular weight excluding hydrogens is 320 g/mol. The van der Waals surface area contributed by atoms with Crippen LogP contribution in [-0.2, 0) is 9.59 Å². The molecule has 0 spiro atoms. The Kier molecular flexibility index (Phi) is 9.10. The maximum absolute atomic E-state index is 11.9. The Morgan fingerprint density at radius 3 is 2.80 bits per heavy atom. The van der Waals surface area contributed by atoms with Crippen molar-refractivity contribution in [2.24, 2.45) is 0 Å². The van der Waals surface area contributed by atoms with Crippen molar-refractivity contribution in [2.45, 2.75) is 63.6 Å². The molecular formula is C20H27O5-. The summed E-state index contributed by atoms with van der Waals surface area (Å²) in [6.45, 7) is 2.14. The quantitative estimate of drug-likeness (QED) is 0.337. The van der Waals surface area contributed by atoms with Gasteiger partial charge in [0.05, 0.1) is 6.10 Å². The summed E-state index contributed by atoms with van der Waals surface area (Å²) in [5, 5.41) is 30.6. The van der Waals surface area contributed by atoms with Gasteiger partial charge in [-0.05, 0) is 37.8 Å². The molecule has 0 bridgehead atoms. The Labute approximate surface area is 149 Å². The van der Waals surface area contributed by atoms with Crippen LogP contribution in [0.3, 0.4) is 0 Å². The summed E-state index contributed by atoms with van der Waals surface area (Å²) in [6, 6.07) is 0. The second kappa shape index (κ2) is 10.8. The molecule has 0 amide bonds.